The summed E-state index contributed by atoms with van der Waals surface area (Å²) in [7, 11) is 0. The molecule has 2 aromatic heterocycles. The second-order valence-corrected chi connectivity index (χ2v) is 8.60. The average Bonchev–Trinajstić information content (AvgIpc) is 2.59. The van der Waals surface area contributed by atoms with Gasteiger partial charge in [0.2, 0.25) is 0 Å². The van der Waals surface area contributed by atoms with Crippen LogP contribution in [0.4, 0.5) is 9.18 Å². The molecule has 2 aromatic rings. The van der Waals surface area contributed by atoms with Crippen molar-refractivity contribution in [2.45, 2.75) is 51.8 Å². The molecule has 1 unspecified atom stereocenters. The molecule has 0 radical (unpaired) electrons. The first-order valence-electron chi connectivity index (χ1n) is 9.16. The van der Waals surface area contributed by atoms with Crippen molar-refractivity contribution >= 4 is 28.6 Å². The summed E-state index contributed by atoms with van der Waals surface area (Å²) in [4.78, 5) is 22.3. The van der Waals surface area contributed by atoms with E-state index in [0.717, 1.165) is 5.39 Å². The third kappa shape index (κ3) is 4.49. The summed E-state index contributed by atoms with van der Waals surface area (Å²) >= 11 is 5.93. The SMILES string of the molecule is CC(C)(C)OC(=O)N1CCC(C(C)(F)c2ccc3cnc(Cl)cc3n2)CC1. The Hall–Kier alpha value is -1.95. The van der Waals surface area contributed by atoms with Crippen LogP contribution >= 0.6 is 11.6 Å². The van der Waals surface area contributed by atoms with Crippen LogP contribution in [0.25, 0.3) is 10.9 Å². The first-order valence-corrected chi connectivity index (χ1v) is 9.54. The second kappa shape index (κ2) is 7.23. The number of alkyl halides is 1. The first kappa shape index (κ1) is 19.8. The van der Waals surface area contributed by atoms with Gasteiger partial charge in [0.15, 0.2) is 5.67 Å². The van der Waals surface area contributed by atoms with Gasteiger partial charge in [0.25, 0.3) is 0 Å². The summed E-state index contributed by atoms with van der Waals surface area (Å²) in [6.07, 6.45) is 2.41. The quantitative estimate of drug-likeness (QED) is 0.665. The van der Waals surface area contributed by atoms with E-state index in [0.29, 0.717) is 42.3 Å². The van der Waals surface area contributed by atoms with E-state index in [9.17, 15) is 4.79 Å². The minimum absolute atomic E-state index is 0.224. The standard InChI is InChI=1S/C20H25ClFN3O2/c1-19(2,3)27-18(26)25-9-7-14(8-10-25)20(4,22)16-6-5-13-12-23-17(21)11-15(13)24-16/h5-6,11-12,14H,7-10H2,1-4H3. The summed E-state index contributed by atoms with van der Waals surface area (Å²) < 4.78 is 21.1. The van der Waals surface area contributed by atoms with Crippen LogP contribution < -0.4 is 0 Å². The smallest absolute Gasteiger partial charge is 0.410 e. The summed E-state index contributed by atoms with van der Waals surface area (Å²) in [6, 6.07) is 5.16. The molecule has 1 aliphatic rings. The molecule has 1 fully saturated rings. The van der Waals surface area contributed by atoms with Gasteiger partial charge in [-0.25, -0.2) is 19.2 Å². The molecule has 1 saturated heterocycles. The third-order valence-corrected chi connectivity index (χ3v) is 5.16. The lowest BCUT2D eigenvalue weighted by atomic mass is 9.80. The predicted molar refractivity (Wildman–Crippen MR) is 104 cm³/mol. The molecule has 0 bridgehead atoms. The number of carbonyl (C=O) groups is 1. The summed E-state index contributed by atoms with van der Waals surface area (Å²) in [5.74, 6) is -0.224. The number of likely N-dealkylation sites (tertiary alicyclic amines) is 1. The normalized spacial score (nSPS) is 18.4. The van der Waals surface area contributed by atoms with E-state index in [1.807, 2.05) is 26.8 Å². The van der Waals surface area contributed by atoms with Crippen LogP contribution in [0.3, 0.4) is 0 Å². The van der Waals surface area contributed by atoms with Crippen LogP contribution in [-0.2, 0) is 10.4 Å². The summed E-state index contributed by atoms with van der Waals surface area (Å²) in [5, 5.41) is 1.15. The number of amides is 1. The Labute approximate surface area is 163 Å². The Morgan fingerprint density at radius 1 is 1.26 bits per heavy atom. The number of aromatic nitrogens is 2. The molecule has 1 amide bonds. The fourth-order valence-corrected chi connectivity index (χ4v) is 3.56. The average molecular weight is 394 g/mol. The molecular weight excluding hydrogens is 369 g/mol. The van der Waals surface area contributed by atoms with Gasteiger partial charge in [-0.05, 0) is 52.7 Å². The molecule has 7 heteroatoms. The van der Waals surface area contributed by atoms with Crippen molar-refractivity contribution in [3.8, 4) is 0 Å². The highest BCUT2D eigenvalue weighted by atomic mass is 35.5. The van der Waals surface area contributed by atoms with Crippen LogP contribution in [0.2, 0.25) is 5.15 Å². The van der Waals surface area contributed by atoms with E-state index in [-0.39, 0.29) is 12.0 Å². The second-order valence-electron chi connectivity index (χ2n) is 8.21. The summed E-state index contributed by atoms with van der Waals surface area (Å²) in [5.41, 5.74) is -1.12. The molecule has 0 N–H and O–H groups in total. The van der Waals surface area contributed by atoms with Crippen LogP contribution in [0.5, 0.6) is 0 Å². The van der Waals surface area contributed by atoms with Crippen LogP contribution in [0, 0.1) is 5.92 Å². The predicted octanol–water partition coefficient (Wildman–Crippen LogP) is 5.12. The van der Waals surface area contributed by atoms with Crippen molar-refractivity contribution < 1.29 is 13.9 Å². The van der Waals surface area contributed by atoms with Crippen LogP contribution in [0.1, 0.15) is 46.2 Å². The molecule has 0 spiro atoms. The maximum atomic E-state index is 15.7. The zero-order valence-corrected chi connectivity index (χ0v) is 16.9. The highest BCUT2D eigenvalue weighted by Gasteiger charge is 2.40. The monoisotopic (exact) mass is 393 g/mol. The number of pyridine rings is 2. The topological polar surface area (TPSA) is 55.3 Å². The fraction of sp³-hybridized carbons (Fsp3) is 0.550. The van der Waals surface area contributed by atoms with Gasteiger partial charge in [0.1, 0.15) is 10.8 Å². The van der Waals surface area contributed by atoms with E-state index in [1.165, 1.54) is 0 Å². The molecule has 0 saturated carbocycles. The van der Waals surface area contributed by atoms with Gasteiger partial charge in [-0.3, -0.25) is 0 Å². The minimum atomic E-state index is -1.59. The van der Waals surface area contributed by atoms with Gasteiger partial charge in [0, 0.05) is 36.7 Å². The number of ether oxygens (including phenoxy) is 1. The van der Waals surface area contributed by atoms with E-state index in [1.54, 1.807) is 30.2 Å². The van der Waals surface area contributed by atoms with Crippen molar-refractivity contribution in [2.75, 3.05) is 13.1 Å². The molecule has 146 valence electrons. The molecule has 27 heavy (non-hydrogen) atoms. The molecule has 3 rings (SSSR count). The number of nitrogens with zero attached hydrogens (tertiary/aromatic N) is 3. The van der Waals surface area contributed by atoms with Gasteiger partial charge in [-0.2, -0.15) is 0 Å². The first-order chi connectivity index (χ1) is 12.6. The van der Waals surface area contributed by atoms with Crippen molar-refractivity contribution in [2.24, 2.45) is 5.92 Å². The molecule has 0 aliphatic carbocycles. The number of rotatable bonds is 2. The third-order valence-electron chi connectivity index (χ3n) is 4.95. The van der Waals surface area contributed by atoms with E-state index in [2.05, 4.69) is 9.97 Å². The Balaban J connectivity index is 1.72. The van der Waals surface area contributed by atoms with Crippen molar-refractivity contribution in [3.05, 3.63) is 35.2 Å². The van der Waals surface area contributed by atoms with Crippen molar-refractivity contribution in [1.29, 1.82) is 0 Å². The lowest BCUT2D eigenvalue weighted by Gasteiger charge is -2.38. The molecule has 0 aromatic carbocycles. The highest BCUT2D eigenvalue weighted by Crippen LogP contribution is 2.39. The van der Waals surface area contributed by atoms with E-state index < -0.39 is 11.3 Å². The Morgan fingerprint density at radius 3 is 2.56 bits per heavy atom. The fourth-order valence-electron chi connectivity index (χ4n) is 3.40. The molecule has 5 nitrogen and oxygen atoms in total. The maximum absolute atomic E-state index is 15.7. The van der Waals surface area contributed by atoms with Crippen LogP contribution in [0.15, 0.2) is 24.4 Å². The number of halogens is 2. The number of carbonyl (C=O) groups excluding carboxylic acids is 1. The minimum Gasteiger partial charge on any atom is -0.444 e. The number of hydrogen-bond acceptors (Lipinski definition) is 4. The Bertz CT molecular complexity index is 843. The molecule has 1 atom stereocenters. The van der Waals surface area contributed by atoms with Gasteiger partial charge in [-0.1, -0.05) is 11.6 Å². The lowest BCUT2D eigenvalue weighted by Crippen LogP contribution is -2.45. The van der Waals surface area contributed by atoms with Gasteiger partial charge in [0.05, 0.1) is 11.2 Å². The lowest BCUT2D eigenvalue weighted by molar-refractivity contribution is 0.00246. The van der Waals surface area contributed by atoms with E-state index in [4.69, 9.17) is 16.3 Å². The Morgan fingerprint density at radius 2 is 1.93 bits per heavy atom. The zero-order chi connectivity index (χ0) is 19.8. The van der Waals surface area contributed by atoms with Crippen molar-refractivity contribution in [1.82, 2.24) is 14.9 Å². The van der Waals surface area contributed by atoms with Gasteiger partial charge in [-0.15, -0.1) is 0 Å². The Kier molecular flexibility index (Phi) is 5.30. The zero-order valence-electron chi connectivity index (χ0n) is 16.1. The molecule has 3 heterocycles. The largest absolute Gasteiger partial charge is 0.444 e. The van der Waals surface area contributed by atoms with E-state index >= 15 is 4.39 Å². The molecule has 1 aliphatic heterocycles. The van der Waals surface area contributed by atoms with Gasteiger partial charge >= 0.3 is 6.09 Å². The number of piperidine rings is 1. The number of fused-ring (bicyclic) bond motifs is 1. The molecular formula is C20H25ClFN3O2. The van der Waals surface area contributed by atoms with Crippen LogP contribution in [-0.4, -0.2) is 39.7 Å². The summed E-state index contributed by atoms with van der Waals surface area (Å²) in [6.45, 7) is 8.03. The maximum Gasteiger partial charge on any atom is 0.410 e. The highest BCUT2D eigenvalue weighted by molar-refractivity contribution is 6.29. The van der Waals surface area contributed by atoms with Crippen molar-refractivity contribution in [3.63, 3.8) is 0 Å². The number of hydrogen-bond donors (Lipinski definition) is 0. The van der Waals surface area contributed by atoms with Gasteiger partial charge < -0.3 is 9.64 Å².